The molecule has 32 heavy (non-hydrogen) atoms. The summed E-state index contributed by atoms with van der Waals surface area (Å²) in [5.41, 5.74) is 0.782. The van der Waals surface area contributed by atoms with Gasteiger partial charge in [0, 0.05) is 58.0 Å². The molecule has 0 saturated carbocycles. The third-order valence-electron chi connectivity index (χ3n) is 6.16. The lowest BCUT2D eigenvalue weighted by molar-refractivity contribution is -0.134. The van der Waals surface area contributed by atoms with E-state index in [4.69, 9.17) is 4.99 Å². The molecule has 0 aliphatic carbocycles. The molecule has 0 spiro atoms. The number of carbonyl (C=O) groups excluding carboxylic acids is 3. The van der Waals surface area contributed by atoms with Gasteiger partial charge >= 0.3 is 6.03 Å². The fraction of sp³-hybridized carbons (Fsp3) is 0.591. The van der Waals surface area contributed by atoms with E-state index in [2.05, 4.69) is 15.2 Å². The van der Waals surface area contributed by atoms with E-state index in [0.717, 1.165) is 30.9 Å². The van der Waals surface area contributed by atoms with Crippen LogP contribution in [0.15, 0.2) is 23.3 Å². The first-order valence-electron chi connectivity index (χ1n) is 11.4. The Morgan fingerprint density at radius 1 is 1.09 bits per heavy atom. The Kier molecular flexibility index (Phi) is 6.29. The third-order valence-corrected chi connectivity index (χ3v) is 6.16. The first-order chi connectivity index (χ1) is 15.4. The monoisotopic (exact) mass is 441 g/mol. The second kappa shape index (κ2) is 9.13. The molecule has 1 aromatic heterocycles. The molecule has 10 nitrogen and oxygen atoms in total. The normalized spacial score (nSPS) is 23.3. The number of nitrogens with zero attached hydrogens (tertiary/aromatic N) is 6. The van der Waals surface area contributed by atoms with Gasteiger partial charge in [0.1, 0.15) is 17.7 Å². The van der Waals surface area contributed by atoms with Gasteiger partial charge < -0.3 is 15.1 Å². The molecule has 2 unspecified atom stereocenters. The van der Waals surface area contributed by atoms with Gasteiger partial charge in [-0.2, -0.15) is 0 Å². The predicted molar refractivity (Wildman–Crippen MR) is 120 cm³/mol. The summed E-state index contributed by atoms with van der Waals surface area (Å²) in [4.78, 5) is 53.7. The molecule has 10 heteroatoms. The fourth-order valence-corrected chi connectivity index (χ4v) is 4.45. The van der Waals surface area contributed by atoms with Gasteiger partial charge in [0.25, 0.3) is 5.91 Å². The molecular formula is C22H31N7O3. The van der Waals surface area contributed by atoms with Crippen molar-refractivity contribution in [1.82, 2.24) is 25.0 Å². The molecule has 3 aliphatic heterocycles. The maximum absolute atomic E-state index is 13.0. The lowest BCUT2D eigenvalue weighted by atomic mass is 10.1. The fourth-order valence-electron chi connectivity index (χ4n) is 4.45. The smallest absolute Gasteiger partial charge is 0.328 e. The maximum atomic E-state index is 13.0. The predicted octanol–water partition coefficient (Wildman–Crippen LogP) is 0.879. The highest BCUT2D eigenvalue weighted by Gasteiger charge is 2.49. The minimum atomic E-state index is -0.569. The Hall–Kier alpha value is -3.17. The van der Waals surface area contributed by atoms with E-state index in [1.165, 1.54) is 4.90 Å². The number of carbonyl (C=O) groups is 3. The molecule has 4 rings (SSSR count). The van der Waals surface area contributed by atoms with E-state index in [1.54, 1.807) is 18.0 Å². The number of aliphatic imine (C=N–C) groups is 1. The van der Waals surface area contributed by atoms with Crippen LogP contribution in [0.1, 0.15) is 39.2 Å². The number of piperazine rings is 1. The van der Waals surface area contributed by atoms with E-state index in [1.807, 2.05) is 30.9 Å². The number of nitrogens with one attached hydrogen (secondary N) is 1. The minimum absolute atomic E-state index is 0.0994. The Bertz CT molecular complexity index is 909. The number of amidine groups is 1. The van der Waals surface area contributed by atoms with E-state index in [0.29, 0.717) is 38.4 Å². The average Bonchev–Trinajstić information content (AvgIpc) is 3.25. The number of urea groups is 1. The number of amides is 4. The number of imide groups is 1. The molecule has 0 bridgehead atoms. The quantitative estimate of drug-likeness (QED) is 0.703. The van der Waals surface area contributed by atoms with E-state index in [-0.39, 0.29) is 17.8 Å². The van der Waals surface area contributed by atoms with Crippen molar-refractivity contribution >= 4 is 29.5 Å². The van der Waals surface area contributed by atoms with E-state index < -0.39 is 12.2 Å². The van der Waals surface area contributed by atoms with Gasteiger partial charge in [0.05, 0.1) is 0 Å². The van der Waals surface area contributed by atoms with Crippen LogP contribution < -0.4 is 10.2 Å². The number of hydrogen-bond acceptors (Lipinski definition) is 7. The topological polar surface area (TPSA) is 101 Å². The highest BCUT2D eigenvalue weighted by Crippen LogP contribution is 2.25. The molecule has 0 aromatic carbocycles. The van der Waals surface area contributed by atoms with Crippen LogP contribution in [-0.4, -0.2) is 94.8 Å². The van der Waals surface area contributed by atoms with Crippen molar-refractivity contribution in [3.8, 4) is 0 Å². The lowest BCUT2D eigenvalue weighted by Crippen LogP contribution is -2.65. The molecule has 0 radical (unpaired) electrons. The van der Waals surface area contributed by atoms with Crippen molar-refractivity contribution in [3.05, 3.63) is 23.9 Å². The summed E-state index contributed by atoms with van der Waals surface area (Å²) in [6, 6.07) is 3.04. The van der Waals surface area contributed by atoms with Crippen molar-refractivity contribution in [2.24, 2.45) is 4.99 Å². The zero-order valence-corrected chi connectivity index (χ0v) is 19.0. The molecule has 1 N–H and O–H groups in total. The Labute approximate surface area is 188 Å². The summed E-state index contributed by atoms with van der Waals surface area (Å²) in [6.07, 6.45) is 2.73. The molecule has 3 aliphatic rings. The highest BCUT2D eigenvalue weighted by atomic mass is 16.2. The van der Waals surface area contributed by atoms with Crippen LogP contribution in [0.2, 0.25) is 0 Å². The number of anilines is 1. The van der Waals surface area contributed by atoms with Gasteiger partial charge in [0.2, 0.25) is 5.91 Å². The van der Waals surface area contributed by atoms with Crippen molar-refractivity contribution < 1.29 is 14.4 Å². The van der Waals surface area contributed by atoms with Crippen LogP contribution in [0.3, 0.4) is 0 Å². The largest absolute Gasteiger partial charge is 0.355 e. The van der Waals surface area contributed by atoms with Gasteiger partial charge in [-0.05, 0) is 25.0 Å². The molecule has 2 saturated heterocycles. The lowest BCUT2D eigenvalue weighted by Gasteiger charge is -2.40. The van der Waals surface area contributed by atoms with Crippen molar-refractivity contribution in [2.45, 2.75) is 45.8 Å². The number of pyridine rings is 1. The summed E-state index contributed by atoms with van der Waals surface area (Å²) in [6.45, 7) is 9.37. The third kappa shape index (κ3) is 4.01. The van der Waals surface area contributed by atoms with Crippen LogP contribution in [-0.2, 0) is 9.59 Å². The summed E-state index contributed by atoms with van der Waals surface area (Å²) in [7, 11) is 0. The van der Waals surface area contributed by atoms with Crippen LogP contribution in [0, 0.1) is 0 Å². The number of aromatic nitrogens is 1. The molecule has 2 atom stereocenters. The maximum Gasteiger partial charge on any atom is 0.328 e. The molecular weight excluding hydrogens is 410 g/mol. The van der Waals surface area contributed by atoms with Crippen molar-refractivity contribution in [2.75, 3.05) is 44.2 Å². The molecule has 172 valence electrons. The van der Waals surface area contributed by atoms with Gasteiger partial charge in [-0.15, -0.1) is 0 Å². The highest BCUT2D eigenvalue weighted by molar-refractivity contribution is 6.08. The molecule has 4 heterocycles. The zero-order chi connectivity index (χ0) is 22.8. The van der Waals surface area contributed by atoms with Crippen LogP contribution in [0.5, 0.6) is 0 Å². The van der Waals surface area contributed by atoms with Gasteiger partial charge in [-0.1, -0.05) is 13.8 Å². The zero-order valence-electron chi connectivity index (χ0n) is 19.0. The second-order valence-electron chi connectivity index (χ2n) is 8.38. The minimum Gasteiger partial charge on any atom is -0.355 e. The number of fused-ring (bicyclic) bond motifs is 1. The Morgan fingerprint density at radius 3 is 2.41 bits per heavy atom. The standard InChI is InChI=1S/C22H31N7O3/c1-4-8-28-20-18(21(31)29(9-5-2)22(28)32)24-19(25-20)16-6-7-17(23-14-16)27-12-10-26(11-13-27)15(3)30/h6-7,14,18,20H,4-5,8-13H2,1-3H3,(H,24,25). The van der Waals surface area contributed by atoms with E-state index in [9.17, 15) is 14.4 Å². The summed E-state index contributed by atoms with van der Waals surface area (Å²) >= 11 is 0. The summed E-state index contributed by atoms with van der Waals surface area (Å²) in [5.74, 6) is 1.31. The van der Waals surface area contributed by atoms with Crippen LogP contribution in [0.4, 0.5) is 10.6 Å². The Balaban J connectivity index is 1.49. The van der Waals surface area contributed by atoms with Crippen molar-refractivity contribution in [1.29, 1.82) is 0 Å². The molecule has 4 amide bonds. The average molecular weight is 442 g/mol. The molecule has 1 aromatic rings. The number of hydrogen-bond donors (Lipinski definition) is 1. The summed E-state index contributed by atoms with van der Waals surface area (Å²) in [5, 5.41) is 3.24. The van der Waals surface area contributed by atoms with Crippen LogP contribution >= 0.6 is 0 Å². The van der Waals surface area contributed by atoms with E-state index >= 15 is 0 Å². The number of rotatable bonds is 6. The van der Waals surface area contributed by atoms with Gasteiger partial charge in [-0.25, -0.2) is 14.8 Å². The van der Waals surface area contributed by atoms with Gasteiger partial charge in [-0.3, -0.25) is 19.4 Å². The Morgan fingerprint density at radius 2 is 1.81 bits per heavy atom. The van der Waals surface area contributed by atoms with Crippen molar-refractivity contribution in [3.63, 3.8) is 0 Å². The first kappa shape index (κ1) is 22.0. The first-order valence-corrected chi connectivity index (χ1v) is 11.4. The van der Waals surface area contributed by atoms with Gasteiger partial charge in [0.15, 0.2) is 6.17 Å². The SMILES string of the molecule is CCCN1C(=O)C2NC(c3ccc(N4CCN(C(C)=O)CC4)nc3)=NC2N(CCC)C1=O. The summed E-state index contributed by atoms with van der Waals surface area (Å²) < 4.78 is 0. The molecule has 2 fully saturated rings. The second-order valence-corrected chi connectivity index (χ2v) is 8.38. The van der Waals surface area contributed by atoms with Crippen LogP contribution in [0.25, 0.3) is 0 Å².